The molecule has 0 unspecified atom stereocenters. The molecule has 0 saturated heterocycles. The van der Waals surface area contributed by atoms with Crippen molar-refractivity contribution in [1.29, 1.82) is 0 Å². The molecule has 1 heterocycles. The molecule has 2 aromatic carbocycles. The molecule has 0 aliphatic heterocycles. The Labute approximate surface area is 156 Å². The smallest absolute Gasteiger partial charge is 0.335 e. The molecule has 0 aliphatic carbocycles. The average Bonchev–Trinajstić information content (AvgIpc) is 3.01. The highest BCUT2D eigenvalue weighted by Crippen LogP contribution is 2.30. The van der Waals surface area contributed by atoms with E-state index in [4.69, 9.17) is 5.84 Å². The second-order valence-electron chi connectivity index (χ2n) is 5.46. The lowest BCUT2D eigenvalue weighted by atomic mass is 10.2. The third-order valence-electron chi connectivity index (χ3n) is 3.50. The molecule has 10 heteroatoms. The molecule has 0 saturated carbocycles. The highest BCUT2D eigenvalue weighted by Gasteiger charge is 2.30. The molecule has 1 amide bonds. The Morgan fingerprint density at radius 1 is 1.11 bits per heavy atom. The molecule has 3 aromatic rings. The van der Waals surface area contributed by atoms with Crippen molar-refractivity contribution in [2.45, 2.75) is 11.3 Å². The normalized spacial score (nSPS) is 11.4. The van der Waals surface area contributed by atoms with Crippen LogP contribution in [0.4, 0.5) is 18.9 Å². The zero-order valence-corrected chi connectivity index (χ0v) is 14.6. The van der Waals surface area contributed by atoms with Crippen molar-refractivity contribution in [3.8, 4) is 11.4 Å². The summed E-state index contributed by atoms with van der Waals surface area (Å²) in [5.74, 6) is 5.83. The van der Waals surface area contributed by atoms with E-state index < -0.39 is 17.6 Å². The first-order chi connectivity index (χ1) is 12.8. The fraction of sp³-hybridized carbons (Fsp3) is 0.118. The van der Waals surface area contributed by atoms with Crippen LogP contribution in [0.5, 0.6) is 0 Å². The summed E-state index contributed by atoms with van der Waals surface area (Å²) in [6, 6.07) is 13.6. The number of nitrogens with zero attached hydrogens (tertiary/aromatic N) is 3. The van der Waals surface area contributed by atoms with E-state index in [-0.39, 0.29) is 11.4 Å². The third-order valence-corrected chi connectivity index (χ3v) is 4.45. The Bertz CT molecular complexity index is 943. The van der Waals surface area contributed by atoms with Crippen LogP contribution in [0.3, 0.4) is 0 Å². The minimum Gasteiger partial charge on any atom is -0.335 e. The van der Waals surface area contributed by atoms with Crippen LogP contribution in [0.15, 0.2) is 59.8 Å². The van der Waals surface area contributed by atoms with E-state index in [1.165, 1.54) is 16.8 Å². The number of rotatable bonds is 5. The van der Waals surface area contributed by atoms with Crippen LogP contribution in [0, 0.1) is 0 Å². The van der Waals surface area contributed by atoms with Crippen molar-refractivity contribution in [3.05, 3.63) is 60.2 Å². The van der Waals surface area contributed by atoms with E-state index in [9.17, 15) is 18.0 Å². The molecule has 6 nitrogen and oxygen atoms in total. The molecular formula is C17H14F3N5OS. The number of nitrogen functional groups attached to an aromatic ring is 1. The molecule has 1 aromatic heterocycles. The molecule has 0 fully saturated rings. The van der Waals surface area contributed by atoms with Gasteiger partial charge in [0.2, 0.25) is 11.1 Å². The molecule has 0 atom stereocenters. The first-order valence-corrected chi connectivity index (χ1v) is 8.69. The van der Waals surface area contributed by atoms with Gasteiger partial charge in [0.15, 0.2) is 5.82 Å². The minimum absolute atomic E-state index is 0.0645. The Morgan fingerprint density at radius 2 is 1.85 bits per heavy atom. The van der Waals surface area contributed by atoms with Crippen LogP contribution in [-0.4, -0.2) is 26.5 Å². The number of anilines is 1. The first-order valence-electron chi connectivity index (χ1n) is 7.70. The summed E-state index contributed by atoms with van der Waals surface area (Å²) in [6.07, 6.45) is -4.47. The van der Waals surface area contributed by atoms with Crippen LogP contribution in [0.25, 0.3) is 11.4 Å². The van der Waals surface area contributed by atoms with Gasteiger partial charge in [0.25, 0.3) is 0 Å². The fourth-order valence-electron chi connectivity index (χ4n) is 2.26. The third kappa shape index (κ3) is 4.59. The molecule has 3 N–H and O–H groups in total. The minimum atomic E-state index is -4.47. The molecule has 0 bridgehead atoms. The van der Waals surface area contributed by atoms with Crippen molar-refractivity contribution in [2.75, 3.05) is 16.9 Å². The maximum absolute atomic E-state index is 12.7. The van der Waals surface area contributed by atoms with Crippen LogP contribution in [-0.2, 0) is 11.0 Å². The quantitative estimate of drug-likeness (QED) is 0.513. The van der Waals surface area contributed by atoms with E-state index in [0.29, 0.717) is 11.0 Å². The monoisotopic (exact) mass is 393 g/mol. The number of nitrogens with two attached hydrogens (primary N) is 1. The van der Waals surface area contributed by atoms with Gasteiger partial charge in [-0.3, -0.25) is 4.79 Å². The first kappa shape index (κ1) is 18.8. The van der Waals surface area contributed by atoms with Crippen molar-refractivity contribution >= 4 is 23.4 Å². The van der Waals surface area contributed by atoms with E-state index in [1.807, 2.05) is 30.3 Å². The summed E-state index contributed by atoms with van der Waals surface area (Å²) in [6.45, 7) is 0. The summed E-state index contributed by atoms with van der Waals surface area (Å²) in [7, 11) is 0. The topological polar surface area (TPSA) is 85.8 Å². The molecule has 0 spiro atoms. The van der Waals surface area contributed by atoms with Gasteiger partial charge in [0.1, 0.15) is 0 Å². The molecule has 0 aliphatic rings. The number of benzene rings is 2. The Kier molecular flexibility index (Phi) is 5.36. The molecule has 27 heavy (non-hydrogen) atoms. The highest BCUT2D eigenvalue weighted by atomic mass is 32.2. The molecule has 0 radical (unpaired) electrons. The van der Waals surface area contributed by atoms with Gasteiger partial charge >= 0.3 is 6.18 Å². The molecular weight excluding hydrogens is 379 g/mol. The zero-order valence-electron chi connectivity index (χ0n) is 13.8. The van der Waals surface area contributed by atoms with Gasteiger partial charge in [-0.1, -0.05) is 48.2 Å². The number of amides is 1. The van der Waals surface area contributed by atoms with Crippen LogP contribution in [0.2, 0.25) is 0 Å². The van der Waals surface area contributed by atoms with Gasteiger partial charge in [0.05, 0.1) is 11.3 Å². The van der Waals surface area contributed by atoms with Crippen molar-refractivity contribution in [3.63, 3.8) is 0 Å². The van der Waals surface area contributed by atoms with Gasteiger partial charge < -0.3 is 11.2 Å². The Morgan fingerprint density at radius 3 is 2.56 bits per heavy atom. The lowest BCUT2D eigenvalue weighted by Crippen LogP contribution is -2.17. The van der Waals surface area contributed by atoms with E-state index in [1.54, 1.807) is 0 Å². The van der Waals surface area contributed by atoms with Crippen molar-refractivity contribution < 1.29 is 18.0 Å². The highest BCUT2D eigenvalue weighted by molar-refractivity contribution is 7.99. The van der Waals surface area contributed by atoms with Gasteiger partial charge in [-0.15, -0.1) is 10.2 Å². The van der Waals surface area contributed by atoms with Gasteiger partial charge in [-0.25, -0.2) is 4.68 Å². The van der Waals surface area contributed by atoms with Gasteiger partial charge in [0, 0.05) is 11.3 Å². The Hall–Kier alpha value is -3.01. The standard InChI is InChI=1S/C17H14F3N5OS/c18-17(19,20)12-7-4-8-13(9-12)22-14(26)10-27-16-24-23-15(25(16)21)11-5-2-1-3-6-11/h1-9H,10,21H2,(H,22,26). The van der Waals surface area contributed by atoms with Crippen LogP contribution < -0.4 is 11.2 Å². The lowest BCUT2D eigenvalue weighted by molar-refractivity contribution is -0.137. The predicted octanol–water partition coefficient (Wildman–Crippen LogP) is 3.41. The summed E-state index contributed by atoms with van der Waals surface area (Å²) in [5, 5.41) is 10.7. The summed E-state index contributed by atoms with van der Waals surface area (Å²) < 4.78 is 39.4. The maximum atomic E-state index is 12.7. The molecule has 140 valence electrons. The van der Waals surface area contributed by atoms with Gasteiger partial charge in [-0.2, -0.15) is 13.2 Å². The van der Waals surface area contributed by atoms with Gasteiger partial charge in [-0.05, 0) is 18.2 Å². The number of aromatic nitrogens is 3. The number of hydrogen-bond donors (Lipinski definition) is 2. The van der Waals surface area contributed by atoms with Crippen LogP contribution >= 0.6 is 11.8 Å². The van der Waals surface area contributed by atoms with E-state index >= 15 is 0 Å². The number of alkyl halides is 3. The number of carbonyl (C=O) groups excluding carboxylic acids is 1. The van der Waals surface area contributed by atoms with E-state index in [0.717, 1.165) is 29.5 Å². The maximum Gasteiger partial charge on any atom is 0.416 e. The summed E-state index contributed by atoms with van der Waals surface area (Å²) in [5.41, 5.74) is 0.00420. The number of nitrogens with one attached hydrogen (secondary N) is 1. The lowest BCUT2D eigenvalue weighted by Gasteiger charge is -2.09. The van der Waals surface area contributed by atoms with Crippen molar-refractivity contribution in [1.82, 2.24) is 14.9 Å². The number of carbonyl (C=O) groups is 1. The summed E-state index contributed by atoms with van der Waals surface area (Å²) in [4.78, 5) is 12.0. The Balaban J connectivity index is 1.63. The second kappa shape index (κ2) is 7.70. The van der Waals surface area contributed by atoms with Crippen LogP contribution in [0.1, 0.15) is 5.56 Å². The SMILES string of the molecule is Nn1c(SCC(=O)Nc2cccc(C(F)(F)F)c2)nnc1-c1ccccc1. The predicted molar refractivity (Wildman–Crippen MR) is 96.4 cm³/mol. The fourth-order valence-corrected chi connectivity index (χ4v) is 2.92. The molecule has 3 rings (SSSR count). The number of hydrogen-bond acceptors (Lipinski definition) is 5. The largest absolute Gasteiger partial charge is 0.416 e. The van der Waals surface area contributed by atoms with E-state index in [2.05, 4.69) is 15.5 Å². The second-order valence-corrected chi connectivity index (χ2v) is 6.40. The number of thioether (sulfide) groups is 1. The average molecular weight is 393 g/mol. The zero-order chi connectivity index (χ0) is 19.4. The van der Waals surface area contributed by atoms with Crippen molar-refractivity contribution in [2.24, 2.45) is 0 Å². The number of halogens is 3. The summed E-state index contributed by atoms with van der Waals surface area (Å²) >= 11 is 1.03.